The molecule has 2 rings (SSSR count). The SMILES string of the molecule is CNc1cncc(C(=O)NCCc2noc(C)n2)n1. The second kappa shape index (κ2) is 5.89. The molecule has 0 aliphatic rings. The highest BCUT2D eigenvalue weighted by molar-refractivity contribution is 5.92. The van der Waals surface area contributed by atoms with E-state index in [0.29, 0.717) is 30.5 Å². The van der Waals surface area contributed by atoms with Gasteiger partial charge in [-0.05, 0) is 0 Å². The predicted molar refractivity (Wildman–Crippen MR) is 66.7 cm³/mol. The van der Waals surface area contributed by atoms with E-state index >= 15 is 0 Å². The van der Waals surface area contributed by atoms with Crippen LogP contribution in [0.2, 0.25) is 0 Å². The van der Waals surface area contributed by atoms with Crippen LogP contribution in [0.4, 0.5) is 5.82 Å². The van der Waals surface area contributed by atoms with Crippen molar-refractivity contribution in [3.05, 3.63) is 29.8 Å². The van der Waals surface area contributed by atoms with Gasteiger partial charge in [-0.2, -0.15) is 4.98 Å². The number of hydrogen-bond donors (Lipinski definition) is 2. The van der Waals surface area contributed by atoms with E-state index in [1.807, 2.05) is 0 Å². The van der Waals surface area contributed by atoms with E-state index in [1.54, 1.807) is 20.2 Å². The second-order valence-electron chi connectivity index (χ2n) is 3.78. The first kappa shape index (κ1) is 12.9. The number of aromatic nitrogens is 4. The van der Waals surface area contributed by atoms with E-state index in [-0.39, 0.29) is 11.6 Å². The summed E-state index contributed by atoms with van der Waals surface area (Å²) in [4.78, 5) is 23.8. The van der Waals surface area contributed by atoms with E-state index in [4.69, 9.17) is 4.52 Å². The molecule has 2 heterocycles. The Morgan fingerprint density at radius 3 is 2.89 bits per heavy atom. The van der Waals surface area contributed by atoms with Crippen LogP contribution in [0.25, 0.3) is 0 Å². The molecule has 100 valence electrons. The number of hydrogen-bond acceptors (Lipinski definition) is 7. The van der Waals surface area contributed by atoms with Crippen molar-refractivity contribution in [3.8, 4) is 0 Å². The largest absolute Gasteiger partial charge is 0.372 e. The summed E-state index contributed by atoms with van der Waals surface area (Å²) in [6, 6.07) is 0. The highest BCUT2D eigenvalue weighted by Crippen LogP contribution is 2.01. The number of aryl methyl sites for hydroxylation is 1. The molecular weight excluding hydrogens is 248 g/mol. The molecule has 1 amide bonds. The Hall–Kier alpha value is -2.51. The van der Waals surface area contributed by atoms with Crippen molar-refractivity contribution in [1.29, 1.82) is 0 Å². The third-order valence-corrected chi connectivity index (χ3v) is 2.33. The van der Waals surface area contributed by atoms with Crippen molar-refractivity contribution in [3.63, 3.8) is 0 Å². The maximum absolute atomic E-state index is 11.8. The molecule has 0 radical (unpaired) electrons. The molecule has 0 fully saturated rings. The van der Waals surface area contributed by atoms with E-state index < -0.39 is 0 Å². The van der Waals surface area contributed by atoms with Crippen molar-refractivity contribution >= 4 is 11.7 Å². The Balaban J connectivity index is 1.87. The minimum atomic E-state index is -0.287. The maximum atomic E-state index is 11.8. The average Bonchev–Trinajstić information content (AvgIpc) is 2.84. The summed E-state index contributed by atoms with van der Waals surface area (Å²) >= 11 is 0. The van der Waals surface area contributed by atoms with Crippen LogP contribution in [0, 0.1) is 6.92 Å². The zero-order chi connectivity index (χ0) is 13.7. The molecule has 0 saturated heterocycles. The molecule has 0 atom stereocenters. The van der Waals surface area contributed by atoms with Crippen molar-refractivity contribution in [2.45, 2.75) is 13.3 Å². The van der Waals surface area contributed by atoms with Gasteiger partial charge in [0.05, 0.1) is 12.4 Å². The molecular formula is C11H14N6O2. The van der Waals surface area contributed by atoms with E-state index in [9.17, 15) is 4.79 Å². The van der Waals surface area contributed by atoms with Crippen LogP contribution in [0.15, 0.2) is 16.9 Å². The van der Waals surface area contributed by atoms with Gasteiger partial charge in [-0.1, -0.05) is 5.16 Å². The first-order chi connectivity index (χ1) is 9.19. The van der Waals surface area contributed by atoms with Crippen LogP contribution in [0.5, 0.6) is 0 Å². The van der Waals surface area contributed by atoms with Crippen LogP contribution in [0.1, 0.15) is 22.2 Å². The quantitative estimate of drug-likeness (QED) is 0.791. The molecule has 2 N–H and O–H groups in total. The molecule has 8 nitrogen and oxygen atoms in total. The molecule has 0 spiro atoms. The molecule has 0 saturated carbocycles. The lowest BCUT2D eigenvalue weighted by atomic mass is 10.3. The predicted octanol–water partition coefficient (Wildman–Crippen LogP) is 0.182. The summed E-state index contributed by atoms with van der Waals surface area (Å²) in [6.45, 7) is 2.12. The summed E-state index contributed by atoms with van der Waals surface area (Å²) in [5.74, 6) is 1.33. The van der Waals surface area contributed by atoms with Gasteiger partial charge in [0.15, 0.2) is 5.82 Å². The van der Waals surface area contributed by atoms with Crippen LogP contribution in [0.3, 0.4) is 0 Å². The van der Waals surface area contributed by atoms with Gasteiger partial charge in [0.2, 0.25) is 5.89 Å². The Morgan fingerprint density at radius 1 is 1.37 bits per heavy atom. The van der Waals surface area contributed by atoms with Crippen molar-refractivity contribution in [2.24, 2.45) is 0 Å². The van der Waals surface area contributed by atoms with E-state index in [2.05, 4.69) is 30.7 Å². The van der Waals surface area contributed by atoms with Gasteiger partial charge in [-0.15, -0.1) is 0 Å². The molecule has 2 aromatic heterocycles. The molecule has 19 heavy (non-hydrogen) atoms. The summed E-state index contributed by atoms with van der Waals surface area (Å²) in [5.41, 5.74) is 0.260. The minimum absolute atomic E-state index is 0.260. The maximum Gasteiger partial charge on any atom is 0.271 e. The second-order valence-corrected chi connectivity index (χ2v) is 3.78. The summed E-state index contributed by atoms with van der Waals surface area (Å²) < 4.78 is 4.83. The van der Waals surface area contributed by atoms with Crippen LogP contribution < -0.4 is 10.6 Å². The molecule has 0 aliphatic heterocycles. The van der Waals surface area contributed by atoms with Crippen LogP contribution in [-0.4, -0.2) is 39.6 Å². The number of amides is 1. The van der Waals surface area contributed by atoms with Gasteiger partial charge in [-0.25, -0.2) is 4.98 Å². The summed E-state index contributed by atoms with van der Waals surface area (Å²) in [6.07, 6.45) is 3.45. The number of carbonyl (C=O) groups excluding carboxylic acids is 1. The molecule has 8 heteroatoms. The lowest BCUT2D eigenvalue weighted by molar-refractivity contribution is 0.0948. The molecule has 0 aliphatic carbocycles. The molecule has 0 bridgehead atoms. The zero-order valence-corrected chi connectivity index (χ0v) is 10.7. The fourth-order valence-electron chi connectivity index (χ4n) is 1.42. The lowest BCUT2D eigenvalue weighted by Crippen LogP contribution is -2.27. The Labute approximate surface area is 109 Å². The van der Waals surface area contributed by atoms with Crippen molar-refractivity contribution in [2.75, 3.05) is 18.9 Å². The van der Waals surface area contributed by atoms with Crippen LogP contribution >= 0.6 is 0 Å². The fourth-order valence-corrected chi connectivity index (χ4v) is 1.42. The zero-order valence-electron chi connectivity index (χ0n) is 10.7. The monoisotopic (exact) mass is 262 g/mol. The topological polar surface area (TPSA) is 106 Å². The first-order valence-electron chi connectivity index (χ1n) is 5.76. The van der Waals surface area contributed by atoms with Gasteiger partial charge < -0.3 is 15.2 Å². The van der Waals surface area contributed by atoms with Crippen molar-refractivity contribution < 1.29 is 9.32 Å². The third kappa shape index (κ3) is 3.47. The Morgan fingerprint density at radius 2 is 2.21 bits per heavy atom. The highest BCUT2D eigenvalue weighted by atomic mass is 16.5. The van der Waals surface area contributed by atoms with Gasteiger partial charge in [0.25, 0.3) is 5.91 Å². The smallest absolute Gasteiger partial charge is 0.271 e. The van der Waals surface area contributed by atoms with E-state index in [1.165, 1.54) is 6.20 Å². The average molecular weight is 262 g/mol. The van der Waals surface area contributed by atoms with E-state index in [0.717, 1.165) is 0 Å². The van der Waals surface area contributed by atoms with Gasteiger partial charge >= 0.3 is 0 Å². The summed E-state index contributed by atoms with van der Waals surface area (Å²) in [7, 11) is 1.71. The first-order valence-corrected chi connectivity index (χ1v) is 5.76. The standard InChI is InChI=1S/C11H14N6O2/c1-7-15-9(17-19-7)3-4-14-11(18)8-5-13-6-10(12-2)16-8/h5-6H,3-4H2,1-2H3,(H,12,16)(H,14,18). The fraction of sp³-hybridized carbons (Fsp3) is 0.364. The van der Waals surface area contributed by atoms with Gasteiger partial charge in [0.1, 0.15) is 11.5 Å². The summed E-state index contributed by atoms with van der Waals surface area (Å²) in [5, 5.41) is 9.28. The number of carbonyl (C=O) groups is 1. The minimum Gasteiger partial charge on any atom is -0.372 e. The number of nitrogens with one attached hydrogen (secondary N) is 2. The molecule has 0 unspecified atom stereocenters. The number of anilines is 1. The lowest BCUT2D eigenvalue weighted by Gasteiger charge is -2.04. The Bertz CT molecular complexity index is 568. The third-order valence-electron chi connectivity index (χ3n) is 2.33. The Kier molecular flexibility index (Phi) is 4.01. The molecule has 0 aromatic carbocycles. The molecule has 2 aromatic rings. The van der Waals surface area contributed by atoms with Gasteiger partial charge in [0, 0.05) is 26.9 Å². The number of nitrogens with zero attached hydrogens (tertiary/aromatic N) is 4. The van der Waals surface area contributed by atoms with Gasteiger partial charge in [-0.3, -0.25) is 9.78 Å². The normalized spacial score (nSPS) is 10.2. The van der Waals surface area contributed by atoms with Crippen molar-refractivity contribution in [1.82, 2.24) is 25.4 Å². The highest BCUT2D eigenvalue weighted by Gasteiger charge is 2.09. The van der Waals surface area contributed by atoms with Crippen LogP contribution in [-0.2, 0) is 6.42 Å². The number of rotatable bonds is 5.